The quantitative estimate of drug-likeness (QED) is 0.517. The third kappa shape index (κ3) is 2.57. The molecule has 1 aromatic rings. The van der Waals surface area contributed by atoms with Crippen LogP contribution in [0.2, 0.25) is 0 Å². The van der Waals surface area contributed by atoms with Crippen molar-refractivity contribution < 1.29 is 19.2 Å². The summed E-state index contributed by atoms with van der Waals surface area (Å²) in [5.41, 5.74) is 2.64. The predicted molar refractivity (Wildman–Crippen MR) is 83.9 cm³/mol. The number of fused-ring (bicyclic) bond motifs is 2. The zero-order valence-corrected chi connectivity index (χ0v) is 12.9. The fourth-order valence-corrected chi connectivity index (χ4v) is 3.83. The predicted octanol–water partition coefficient (Wildman–Crippen LogP) is 2.21. The summed E-state index contributed by atoms with van der Waals surface area (Å²) in [7, 11) is 0. The van der Waals surface area contributed by atoms with E-state index in [9.17, 15) is 14.9 Å². The van der Waals surface area contributed by atoms with Crippen LogP contribution in [0.4, 0.5) is 5.69 Å². The van der Waals surface area contributed by atoms with Gasteiger partial charge in [0.2, 0.25) is 12.7 Å². The Kier molecular flexibility index (Phi) is 3.59. The lowest BCUT2D eigenvalue weighted by molar-refractivity contribution is -0.385. The minimum absolute atomic E-state index is 0.0360. The van der Waals surface area contributed by atoms with Crippen LogP contribution >= 0.6 is 0 Å². The first kappa shape index (κ1) is 14.9. The Hall–Kier alpha value is -2.64. The van der Waals surface area contributed by atoms with Gasteiger partial charge in [-0.15, -0.1) is 0 Å². The third-order valence-corrected chi connectivity index (χ3v) is 5.06. The molecule has 2 saturated carbocycles. The van der Waals surface area contributed by atoms with Crippen molar-refractivity contribution in [2.75, 3.05) is 6.79 Å². The highest BCUT2D eigenvalue weighted by molar-refractivity contribution is 5.89. The Bertz CT molecular complexity index is 721. The summed E-state index contributed by atoms with van der Waals surface area (Å²) in [6.07, 6.45) is 5.89. The van der Waals surface area contributed by atoms with Gasteiger partial charge in [0.25, 0.3) is 5.69 Å². The summed E-state index contributed by atoms with van der Waals surface area (Å²) in [5, 5.41) is 15.1. The minimum Gasteiger partial charge on any atom is -0.454 e. The summed E-state index contributed by atoms with van der Waals surface area (Å²) in [6.45, 7) is 0.0360. The van der Waals surface area contributed by atoms with Crippen LogP contribution in [0.15, 0.2) is 17.2 Å². The van der Waals surface area contributed by atoms with E-state index < -0.39 is 4.92 Å². The van der Waals surface area contributed by atoms with Crippen molar-refractivity contribution >= 4 is 17.8 Å². The molecule has 1 amide bonds. The van der Waals surface area contributed by atoms with Gasteiger partial charge in [-0.2, -0.15) is 5.10 Å². The van der Waals surface area contributed by atoms with Crippen LogP contribution in [-0.4, -0.2) is 23.8 Å². The van der Waals surface area contributed by atoms with E-state index in [1.807, 2.05) is 0 Å². The minimum atomic E-state index is -0.513. The number of hydrazone groups is 1. The third-order valence-electron chi connectivity index (χ3n) is 5.06. The molecule has 126 valence electrons. The maximum atomic E-state index is 12.2. The Balaban J connectivity index is 1.46. The fourth-order valence-electron chi connectivity index (χ4n) is 3.83. The lowest BCUT2D eigenvalue weighted by Crippen LogP contribution is -2.20. The topological polar surface area (TPSA) is 103 Å². The first-order valence-electron chi connectivity index (χ1n) is 8.06. The molecule has 4 rings (SSSR count). The van der Waals surface area contributed by atoms with Crippen LogP contribution in [0.5, 0.6) is 11.5 Å². The molecule has 0 unspecified atom stereocenters. The number of nitro benzene ring substituents is 1. The molecule has 1 heterocycles. The summed E-state index contributed by atoms with van der Waals surface area (Å²) < 4.78 is 10.4. The molecular formula is C16H17N3O5. The Morgan fingerprint density at radius 1 is 1.25 bits per heavy atom. The molecule has 2 atom stereocenters. The molecule has 0 aromatic heterocycles. The van der Waals surface area contributed by atoms with E-state index in [-0.39, 0.29) is 29.9 Å². The maximum absolute atomic E-state index is 12.2. The van der Waals surface area contributed by atoms with Crippen LogP contribution < -0.4 is 14.9 Å². The summed E-state index contributed by atoms with van der Waals surface area (Å²) in [4.78, 5) is 22.8. The number of carbonyl (C=O) groups is 1. The molecular weight excluding hydrogens is 314 g/mol. The van der Waals surface area contributed by atoms with Crippen molar-refractivity contribution in [2.45, 2.75) is 25.7 Å². The maximum Gasteiger partial charge on any atom is 0.282 e. The highest BCUT2D eigenvalue weighted by Gasteiger charge is 2.54. The van der Waals surface area contributed by atoms with Crippen LogP contribution in [-0.2, 0) is 4.79 Å². The summed E-state index contributed by atoms with van der Waals surface area (Å²) >= 11 is 0. The van der Waals surface area contributed by atoms with E-state index in [0.717, 1.165) is 12.8 Å². The van der Waals surface area contributed by atoms with Gasteiger partial charge in [0.15, 0.2) is 11.5 Å². The number of hydrogen-bond acceptors (Lipinski definition) is 6. The zero-order valence-electron chi connectivity index (χ0n) is 12.9. The van der Waals surface area contributed by atoms with Gasteiger partial charge in [-0.3, -0.25) is 14.9 Å². The van der Waals surface area contributed by atoms with Crippen molar-refractivity contribution in [2.24, 2.45) is 22.9 Å². The molecule has 2 aliphatic carbocycles. The second-order valence-corrected chi connectivity index (χ2v) is 6.39. The van der Waals surface area contributed by atoms with Gasteiger partial charge in [0.1, 0.15) is 0 Å². The van der Waals surface area contributed by atoms with Crippen LogP contribution in [0.25, 0.3) is 0 Å². The molecule has 1 aromatic carbocycles. The van der Waals surface area contributed by atoms with Gasteiger partial charge < -0.3 is 9.47 Å². The van der Waals surface area contributed by atoms with E-state index in [1.165, 1.54) is 31.2 Å². The van der Waals surface area contributed by atoms with E-state index in [2.05, 4.69) is 10.5 Å². The lowest BCUT2D eigenvalue weighted by atomic mass is 10.0. The molecule has 8 heteroatoms. The number of nitro groups is 1. The van der Waals surface area contributed by atoms with Crippen LogP contribution in [0, 0.1) is 27.9 Å². The van der Waals surface area contributed by atoms with Crippen LogP contribution in [0.3, 0.4) is 0 Å². The number of hydrogen-bond donors (Lipinski definition) is 1. The van der Waals surface area contributed by atoms with Crippen molar-refractivity contribution in [3.8, 4) is 11.5 Å². The second kappa shape index (κ2) is 5.77. The average Bonchev–Trinajstić information content (AvgIpc) is 3.13. The van der Waals surface area contributed by atoms with E-state index in [0.29, 0.717) is 23.3 Å². The first-order valence-corrected chi connectivity index (χ1v) is 8.06. The second-order valence-electron chi connectivity index (χ2n) is 6.39. The number of carbonyl (C=O) groups excluding carboxylic acids is 1. The van der Waals surface area contributed by atoms with Gasteiger partial charge in [-0.1, -0.05) is 12.8 Å². The SMILES string of the molecule is O=C(NN=Cc1cc2c(cc1[N+](=O)[O-])OCO2)C1[C@@H]2CCCC[C@@H]12. The van der Waals surface area contributed by atoms with Gasteiger partial charge in [0.05, 0.1) is 22.8 Å². The highest BCUT2D eigenvalue weighted by Crippen LogP contribution is 2.55. The molecule has 0 radical (unpaired) electrons. The Labute approximate surface area is 138 Å². The average molecular weight is 331 g/mol. The highest BCUT2D eigenvalue weighted by atomic mass is 16.7. The standard InChI is InChI=1S/C16H17N3O5/c20-16(15-10-3-1-2-4-11(10)15)18-17-7-9-5-13-14(24-8-23-13)6-12(9)19(21)22/h5-7,10-11,15H,1-4,8H2,(H,18,20)/t10-,11-/m1/s1. The molecule has 3 aliphatic rings. The van der Waals surface area contributed by atoms with E-state index in [1.54, 1.807) is 0 Å². The van der Waals surface area contributed by atoms with E-state index >= 15 is 0 Å². The van der Waals surface area contributed by atoms with Crippen molar-refractivity contribution in [3.05, 3.63) is 27.8 Å². The summed E-state index contributed by atoms with van der Waals surface area (Å²) in [6, 6.07) is 2.80. The molecule has 24 heavy (non-hydrogen) atoms. The van der Waals surface area contributed by atoms with E-state index in [4.69, 9.17) is 9.47 Å². The van der Waals surface area contributed by atoms with Gasteiger partial charge in [0, 0.05) is 5.92 Å². The normalized spacial score (nSPS) is 26.9. The number of ether oxygens (including phenoxy) is 2. The molecule has 1 N–H and O–H groups in total. The number of benzene rings is 1. The Morgan fingerprint density at radius 3 is 2.58 bits per heavy atom. The molecule has 2 fully saturated rings. The van der Waals surface area contributed by atoms with Crippen molar-refractivity contribution in [3.63, 3.8) is 0 Å². The van der Waals surface area contributed by atoms with Crippen molar-refractivity contribution in [1.29, 1.82) is 0 Å². The summed E-state index contributed by atoms with van der Waals surface area (Å²) in [5.74, 6) is 1.72. The fraction of sp³-hybridized carbons (Fsp3) is 0.500. The molecule has 0 spiro atoms. The zero-order chi connectivity index (χ0) is 16.7. The number of nitrogens with one attached hydrogen (secondary N) is 1. The Morgan fingerprint density at radius 2 is 1.92 bits per heavy atom. The molecule has 1 aliphatic heterocycles. The lowest BCUT2D eigenvalue weighted by Gasteiger charge is -2.04. The van der Waals surface area contributed by atoms with Crippen LogP contribution in [0.1, 0.15) is 31.2 Å². The molecule has 0 bridgehead atoms. The van der Waals surface area contributed by atoms with Gasteiger partial charge in [-0.25, -0.2) is 5.43 Å². The number of rotatable bonds is 4. The first-order chi connectivity index (χ1) is 11.6. The smallest absolute Gasteiger partial charge is 0.282 e. The van der Waals surface area contributed by atoms with Crippen molar-refractivity contribution in [1.82, 2.24) is 5.43 Å². The largest absolute Gasteiger partial charge is 0.454 e. The number of amides is 1. The van der Waals surface area contributed by atoms with Gasteiger partial charge >= 0.3 is 0 Å². The monoisotopic (exact) mass is 331 g/mol. The number of nitrogens with zero attached hydrogens (tertiary/aromatic N) is 2. The molecule has 8 nitrogen and oxygen atoms in total. The van der Waals surface area contributed by atoms with Gasteiger partial charge in [-0.05, 0) is 30.7 Å². The molecule has 0 saturated heterocycles.